The van der Waals surface area contributed by atoms with Gasteiger partial charge in [-0.2, -0.15) is 0 Å². The zero-order valence-corrected chi connectivity index (χ0v) is 7.63. The third-order valence-corrected chi connectivity index (χ3v) is 1.85. The maximum absolute atomic E-state index is 4.07. The van der Waals surface area contributed by atoms with Crippen LogP contribution in [0, 0.1) is 6.92 Å². The highest BCUT2D eigenvalue weighted by Crippen LogP contribution is 2.09. The summed E-state index contributed by atoms with van der Waals surface area (Å²) in [5.74, 6) is 0. The lowest BCUT2D eigenvalue weighted by atomic mass is 10.2. The molecule has 1 rings (SSSR count). The van der Waals surface area contributed by atoms with Gasteiger partial charge in [-0.05, 0) is 27.2 Å². The van der Waals surface area contributed by atoms with E-state index in [9.17, 15) is 0 Å². The van der Waals surface area contributed by atoms with Crippen LogP contribution < -0.4 is 0 Å². The van der Waals surface area contributed by atoms with E-state index < -0.39 is 0 Å². The number of aryl methyl sites for hydroxylation is 1. The van der Waals surface area contributed by atoms with Crippen LogP contribution in [0.15, 0.2) is 0 Å². The minimum Gasteiger partial charge on any atom is -0.247 e. The largest absolute Gasteiger partial charge is 0.247 e. The van der Waals surface area contributed by atoms with Crippen LogP contribution >= 0.6 is 0 Å². The molecule has 0 aliphatic rings. The van der Waals surface area contributed by atoms with Crippen LogP contribution in [0.5, 0.6) is 0 Å². The molecule has 0 bridgehead atoms. The van der Waals surface area contributed by atoms with Crippen LogP contribution in [0.4, 0.5) is 0 Å². The molecule has 0 amide bonds. The minimum atomic E-state index is 0.419. The summed E-state index contributed by atoms with van der Waals surface area (Å²) >= 11 is 0. The fraction of sp³-hybridized carbons (Fsp3) is 0.750. The zero-order valence-electron chi connectivity index (χ0n) is 7.63. The van der Waals surface area contributed by atoms with E-state index >= 15 is 0 Å². The third kappa shape index (κ3) is 1.42. The normalized spacial score (nSPS) is 11.0. The highest BCUT2D eigenvalue weighted by atomic mass is 15.4. The first kappa shape index (κ1) is 8.24. The number of aromatic nitrogens is 3. The van der Waals surface area contributed by atoms with Gasteiger partial charge in [-0.25, -0.2) is 4.68 Å². The number of hydrogen-bond donors (Lipinski definition) is 0. The van der Waals surface area contributed by atoms with Crippen molar-refractivity contribution in [2.45, 2.75) is 40.2 Å². The molecule has 0 radical (unpaired) electrons. The quantitative estimate of drug-likeness (QED) is 0.647. The van der Waals surface area contributed by atoms with Gasteiger partial charge >= 0.3 is 0 Å². The Balaban J connectivity index is 3.00. The summed E-state index contributed by atoms with van der Waals surface area (Å²) in [7, 11) is 0. The molecule has 0 unspecified atom stereocenters. The Morgan fingerprint density at radius 2 is 2.09 bits per heavy atom. The fourth-order valence-electron chi connectivity index (χ4n) is 1.19. The molecule has 0 saturated heterocycles. The first-order valence-electron chi connectivity index (χ1n) is 4.07. The number of rotatable bonds is 2. The Kier molecular flexibility index (Phi) is 2.27. The molecule has 0 N–H and O–H groups in total. The van der Waals surface area contributed by atoms with Crippen molar-refractivity contribution in [1.82, 2.24) is 15.0 Å². The van der Waals surface area contributed by atoms with Gasteiger partial charge in [0.25, 0.3) is 0 Å². The molecule has 3 heteroatoms. The second kappa shape index (κ2) is 3.03. The van der Waals surface area contributed by atoms with Gasteiger partial charge in [0.15, 0.2) is 0 Å². The molecular weight excluding hydrogens is 138 g/mol. The standard InChI is InChI=1S/C8H15N3/c1-5-8-7(4)11(6(2)3)10-9-8/h6H,5H2,1-4H3. The van der Waals surface area contributed by atoms with E-state index in [1.54, 1.807) is 0 Å². The topological polar surface area (TPSA) is 30.7 Å². The third-order valence-electron chi connectivity index (χ3n) is 1.85. The molecule has 1 aromatic rings. The van der Waals surface area contributed by atoms with Gasteiger partial charge in [0.05, 0.1) is 11.4 Å². The SMILES string of the molecule is CCc1nnn(C(C)C)c1C. The molecule has 0 aromatic carbocycles. The zero-order chi connectivity index (χ0) is 8.43. The van der Waals surface area contributed by atoms with Crippen molar-refractivity contribution in [2.24, 2.45) is 0 Å². The van der Waals surface area contributed by atoms with Crippen molar-refractivity contribution in [3.05, 3.63) is 11.4 Å². The maximum Gasteiger partial charge on any atom is 0.0853 e. The predicted molar refractivity (Wildman–Crippen MR) is 44.5 cm³/mol. The van der Waals surface area contributed by atoms with Crippen molar-refractivity contribution >= 4 is 0 Å². The minimum absolute atomic E-state index is 0.419. The molecule has 62 valence electrons. The molecule has 3 nitrogen and oxygen atoms in total. The van der Waals surface area contributed by atoms with Gasteiger partial charge in [0, 0.05) is 6.04 Å². The Morgan fingerprint density at radius 3 is 2.36 bits per heavy atom. The number of nitrogens with zero attached hydrogens (tertiary/aromatic N) is 3. The van der Waals surface area contributed by atoms with Gasteiger partial charge in [-0.15, -0.1) is 5.10 Å². The van der Waals surface area contributed by atoms with Crippen molar-refractivity contribution in [1.29, 1.82) is 0 Å². The van der Waals surface area contributed by atoms with Crippen LogP contribution in [-0.4, -0.2) is 15.0 Å². The van der Waals surface area contributed by atoms with Crippen molar-refractivity contribution in [3.63, 3.8) is 0 Å². The summed E-state index contributed by atoms with van der Waals surface area (Å²) in [5.41, 5.74) is 2.31. The van der Waals surface area contributed by atoms with Crippen LogP contribution in [0.3, 0.4) is 0 Å². The fourth-order valence-corrected chi connectivity index (χ4v) is 1.19. The molecule has 0 spiro atoms. The van der Waals surface area contributed by atoms with Crippen molar-refractivity contribution in [2.75, 3.05) is 0 Å². The van der Waals surface area contributed by atoms with Gasteiger partial charge in [-0.3, -0.25) is 0 Å². The van der Waals surface area contributed by atoms with Gasteiger partial charge in [0.1, 0.15) is 0 Å². The molecule has 1 heterocycles. The Hall–Kier alpha value is -0.860. The molecule has 1 aromatic heterocycles. The van der Waals surface area contributed by atoms with Crippen molar-refractivity contribution in [3.8, 4) is 0 Å². The second-order valence-corrected chi connectivity index (χ2v) is 3.01. The van der Waals surface area contributed by atoms with Crippen molar-refractivity contribution < 1.29 is 0 Å². The van der Waals surface area contributed by atoms with Crippen LogP contribution in [0.2, 0.25) is 0 Å². The highest BCUT2D eigenvalue weighted by Gasteiger charge is 2.07. The molecule has 0 saturated carbocycles. The van der Waals surface area contributed by atoms with E-state index in [4.69, 9.17) is 0 Å². The van der Waals surface area contributed by atoms with E-state index in [-0.39, 0.29) is 0 Å². The highest BCUT2D eigenvalue weighted by molar-refractivity contribution is 5.07. The van der Waals surface area contributed by atoms with Gasteiger partial charge in [-0.1, -0.05) is 12.1 Å². The van der Waals surface area contributed by atoms with E-state index in [0.29, 0.717) is 6.04 Å². The van der Waals surface area contributed by atoms with E-state index in [0.717, 1.165) is 12.1 Å². The lowest BCUT2D eigenvalue weighted by Crippen LogP contribution is -2.05. The summed E-state index contributed by atoms with van der Waals surface area (Å²) < 4.78 is 1.96. The smallest absolute Gasteiger partial charge is 0.0853 e. The van der Waals surface area contributed by atoms with Crippen LogP contribution in [0.25, 0.3) is 0 Å². The van der Waals surface area contributed by atoms with Crippen LogP contribution in [-0.2, 0) is 6.42 Å². The maximum atomic E-state index is 4.07. The predicted octanol–water partition coefficient (Wildman–Crippen LogP) is 1.73. The molecule has 0 fully saturated rings. The van der Waals surface area contributed by atoms with Gasteiger partial charge in [0.2, 0.25) is 0 Å². The van der Waals surface area contributed by atoms with E-state index in [1.807, 2.05) is 4.68 Å². The van der Waals surface area contributed by atoms with E-state index in [2.05, 4.69) is 38.0 Å². The van der Waals surface area contributed by atoms with Gasteiger partial charge < -0.3 is 0 Å². The number of hydrogen-bond acceptors (Lipinski definition) is 2. The Labute approximate surface area is 67.4 Å². The first-order valence-corrected chi connectivity index (χ1v) is 4.07. The first-order chi connectivity index (χ1) is 5.16. The summed E-state index contributed by atoms with van der Waals surface area (Å²) in [6.07, 6.45) is 0.971. The van der Waals surface area contributed by atoms with E-state index in [1.165, 1.54) is 5.69 Å². The summed E-state index contributed by atoms with van der Waals surface area (Å²) in [5, 5.41) is 8.12. The molecule has 11 heavy (non-hydrogen) atoms. The lowest BCUT2D eigenvalue weighted by molar-refractivity contribution is 0.502. The molecule has 0 aliphatic carbocycles. The molecular formula is C8H15N3. The summed E-state index contributed by atoms with van der Waals surface area (Å²) in [4.78, 5) is 0. The lowest BCUT2D eigenvalue weighted by Gasteiger charge is -2.05. The Bertz CT molecular complexity index is 237. The average molecular weight is 153 g/mol. The summed E-state index contributed by atoms with van der Waals surface area (Å²) in [6, 6.07) is 0.419. The Morgan fingerprint density at radius 1 is 1.45 bits per heavy atom. The monoisotopic (exact) mass is 153 g/mol. The molecule has 0 aliphatic heterocycles. The molecule has 0 atom stereocenters. The average Bonchev–Trinajstić information content (AvgIpc) is 2.30. The summed E-state index contributed by atoms with van der Waals surface area (Å²) in [6.45, 7) is 8.39. The van der Waals surface area contributed by atoms with Crippen LogP contribution in [0.1, 0.15) is 38.2 Å². The second-order valence-electron chi connectivity index (χ2n) is 3.01.